The molecular formula is C8H10BN3. The van der Waals surface area contributed by atoms with Crippen molar-refractivity contribution in [3.05, 3.63) is 35.0 Å². The van der Waals surface area contributed by atoms with E-state index in [1.807, 2.05) is 0 Å². The van der Waals surface area contributed by atoms with E-state index in [4.69, 9.17) is 5.73 Å². The molecule has 12 heavy (non-hydrogen) atoms. The molecule has 3 nitrogen and oxygen atoms in total. The molecule has 0 unspecified atom stereocenters. The minimum Gasteiger partial charge on any atom is -0.369 e. The van der Waals surface area contributed by atoms with Gasteiger partial charge in [-0.15, -0.1) is 5.98 Å². The first-order chi connectivity index (χ1) is 5.68. The molecule has 0 radical (unpaired) electrons. The van der Waals surface area contributed by atoms with Gasteiger partial charge < -0.3 is 11.1 Å². The average Bonchev–Trinajstić information content (AvgIpc) is 2.31. The third-order valence-corrected chi connectivity index (χ3v) is 2.12. The van der Waals surface area contributed by atoms with Crippen LogP contribution in [-0.4, -0.2) is 13.2 Å². The molecule has 0 atom stereocenters. The average molecular weight is 159 g/mol. The maximum absolute atomic E-state index is 5.55. The molecule has 0 aromatic heterocycles. The number of nitrogens with zero attached hydrogens (tertiary/aromatic N) is 1. The Morgan fingerprint density at radius 1 is 1.67 bits per heavy atom. The van der Waals surface area contributed by atoms with E-state index in [0.717, 1.165) is 24.1 Å². The quantitative estimate of drug-likeness (QED) is 0.488. The molecule has 0 bridgehead atoms. The summed E-state index contributed by atoms with van der Waals surface area (Å²) in [6.45, 7) is 5.95. The molecule has 0 fully saturated rings. The van der Waals surface area contributed by atoms with Crippen LogP contribution in [0.2, 0.25) is 0 Å². The van der Waals surface area contributed by atoms with Crippen molar-refractivity contribution in [3.8, 4) is 0 Å². The normalized spacial score (nSPS) is 20.9. The van der Waals surface area contributed by atoms with Gasteiger partial charge in [0.2, 0.25) is 7.28 Å². The van der Waals surface area contributed by atoms with Crippen LogP contribution in [0.3, 0.4) is 0 Å². The zero-order valence-electron chi connectivity index (χ0n) is 7.02. The standard InChI is InChI=1S/C8H10BN3/c1-4-3-9-7-6(4)5(2)11-8(10)12-7/h3,9H,2H2,1H3,(H3,10,11,12). The van der Waals surface area contributed by atoms with Gasteiger partial charge >= 0.3 is 0 Å². The summed E-state index contributed by atoms with van der Waals surface area (Å²) < 4.78 is 0. The van der Waals surface area contributed by atoms with Crippen molar-refractivity contribution in [3.63, 3.8) is 0 Å². The molecule has 0 saturated heterocycles. The van der Waals surface area contributed by atoms with E-state index < -0.39 is 0 Å². The second-order valence-corrected chi connectivity index (χ2v) is 3.01. The summed E-state index contributed by atoms with van der Waals surface area (Å²) in [4.78, 5) is 4.20. The number of nitrogens with two attached hydrogens (primary N) is 1. The molecule has 4 heteroatoms. The van der Waals surface area contributed by atoms with E-state index in [2.05, 4.69) is 29.8 Å². The van der Waals surface area contributed by atoms with E-state index in [0.29, 0.717) is 5.96 Å². The van der Waals surface area contributed by atoms with Crippen molar-refractivity contribution >= 4 is 13.2 Å². The van der Waals surface area contributed by atoms with Crippen molar-refractivity contribution in [2.45, 2.75) is 6.92 Å². The van der Waals surface area contributed by atoms with Gasteiger partial charge in [0.15, 0.2) is 5.96 Å². The summed E-state index contributed by atoms with van der Waals surface area (Å²) in [6.07, 6.45) is 0. The monoisotopic (exact) mass is 159 g/mol. The Morgan fingerprint density at radius 2 is 2.42 bits per heavy atom. The number of hydrogen-bond acceptors (Lipinski definition) is 3. The van der Waals surface area contributed by atoms with E-state index in [1.54, 1.807) is 0 Å². The van der Waals surface area contributed by atoms with Gasteiger partial charge in [-0.05, 0) is 6.92 Å². The van der Waals surface area contributed by atoms with Gasteiger partial charge in [-0.25, -0.2) is 4.99 Å². The summed E-state index contributed by atoms with van der Waals surface area (Å²) in [5.41, 5.74) is 9.81. The Labute approximate surface area is 72.0 Å². The summed E-state index contributed by atoms with van der Waals surface area (Å²) >= 11 is 0. The van der Waals surface area contributed by atoms with E-state index in [9.17, 15) is 0 Å². The Kier molecular flexibility index (Phi) is 1.36. The van der Waals surface area contributed by atoms with Gasteiger partial charge in [-0.1, -0.05) is 12.2 Å². The van der Waals surface area contributed by atoms with Crippen molar-refractivity contribution in [2.24, 2.45) is 10.7 Å². The maximum Gasteiger partial charge on any atom is 0.208 e. The molecule has 0 aromatic rings. The number of guanidine groups is 1. The molecule has 2 aliphatic heterocycles. The lowest BCUT2D eigenvalue weighted by Gasteiger charge is -2.17. The smallest absolute Gasteiger partial charge is 0.208 e. The fourth-order valence-corrected chi connectivity index (χ4v) is 1.59. The van der Waals surface area contributed by atoms with Crippen molar-refractivity contribution in [1.82, 2.24) is 5.32 Å². The zero-order valence-corrected chi connectivity index (χ0v) is 7.02. The van der Waals surface area contributed by atoms with Gasteiger partial charge in [-0.3, -0.25) is 0 Å². The van der Waals surface area contributed by atoms with Crippen molar-refractivity contribution in [1.29, 1.82) is 0 Å². The molecule has 0 aromatic carbocycles. The second-order valence-electron chi connectivity index (χ2n) is 3.01. The van der Waals surface area contributed by atoms with Crippen LogP contribution in [0.25, 0.3) is 0 Å². The van der Waals surface area contributed by atoms with Crippen LogP contribution in [0.15, 0.2) is 40.0 Å². The lowest BCUT2D eigenvalue weighted by Crippen LogP contribution is -2.34. The Hall–Kier alpha value is -1.45. The van der Waals surface area contributed by atoms with Crippen LogP contribution in [0.5, 0.6) is 0 Å². The molecule has 2 rings (SSSR count). The topological polar surface area (TPSA) is 50.4 Å². The lowest BCUT2D eigenvalue weighted by molar-refractivity contribution is 1.06. The molecule has 0 aliphatic carbocycles. The largest absolute Gasteiger partial charge is 0.369 e. The fourth-order valence-electron chi connectivity index (χ4n) is 1.59. The van der Waals surface area contributed by atoms with Crippen molar-refractivity contribution in [2.75, 3.05) is 0 Å². The fraction of sp³-hybridized carbons (Fsp3) is 0.125. The number of allylic oxidation sites excluding steroid dienone is 1. The van der Waals surface area contributed by atoms with Crippen LogP contribution in [-0.2, 0) is 0 Å². The van der Waals surface area contributed by atoms with Crippen LogP contribution >= 0.6 is 0 Å². The second kappa shape index (κ2) is 2.27. The minimum atomic E-state index is 0.446. The van der Waals surface area contributed by atoms with E-state index >= 15 is 0 Å². The maximum atomic E-state index is 5.55. The SMILES string of the molecule is C=C1NC(N)=NC2=C1C(C)=CB2. The highest BCUT2D eigenvalue weighted by molar-refractivity contribution is 6.53. The van der Waals surface area contributed by atoms with Crippen LogP contribution in [0, 0.1) is 0 Å². The third-order valence-electron chi connectivity index (χ3n) is 2.12. The lowest BCUT2D eigenvalue weighted by atomic mass is 9.77. The van der Waals surface area contributed by atoms with Gasteiger partial charge in [0.25, 0.3) is 0 Å². The summed E-state index contributed by atoms with van der Waals surface area (Å²) in [7, 11) is 0.878. The number of hydrogen-bond donors (Lipinski definition) is 2. The Balaban J connectivity index is 2.49. The first-order valence-electron chi connectivity index (χ1n) is 3.89. The van der Waals surface area contributed by atoms with Gasteiger partial charge in [-0.2, -0.15) is 0 Å². The van der Waals surface area contributed by atoms with Crippen LogP contribution < -0.4 is 11.1 Å². The molecule has 3 N–H and O–H groups in total. The van der Waals surface area contributed by atoms with E-state index in [-0.39, 0.29) is 0 Å². The Bertz CT molecular complexity index is 349. The minimum absolute atomic E-state index is 0.446. The highest BCUT2D eigenvalue weighted by Gasteiger charge is 2.21. The molecule has 2 heterocycles. The van der Waals surface area contributed by atoms with Crippen molar-refractivity contribution < 1.29 is 0 Å². The number of nitrogens with one attached hydrogen (secondary N) is 1. The highest BCUT2D eigenvalue weighted by atomic mass is 15.1. The first-order valence-corrected chi connectivity index (χ1v) is 3.89. The Morgan fingerprint density at radius 3 is 3.17 bits per heavy atom. The number of aliphatic imine (C=N–C) groups is 1. The number of rotatable bonds is 0. The molecular weight excluding hydrogens is 149 g/mol. The van der Waals surface area contributed by atoms with Gasteiger partial charge in [0.1, 0.15) is 0 Å². The van der Waals surface area contributed by atoms with Gasteiger partial charge in [0.05, 0.1) is 0 Å². The van der Waals surface area contributed by atoms with Crippen LogP contribution in [0.1, 0.15) is 6.92 Å². The molecule has 60 valence electrons. The summed E-state index contributed by atoms with van der Waals surface area (Å²) in [6, 6.07) is 0. The molecule has 2 aliphatic rings. The zero-order chi connectivity index (χ0) is 8.72. The van der Waals surface area contributed by atoms with Gasteiger partial charge in [0, 0.05) is 16.9 Å². The van der Waals surface area contributed by atoms with E-state index in [1.165, 1.54) is 5.57 Å². The first kappa shape index (κ1) is 7.22. The molecule has 0 amide bonds. The predicted octanol–water partition coefficient (Wildman–Crippen LogP) is -0.0165. The highest BCUT2D eigenvalue weighted by Crippen LogP contribution is 2.27. The summed E-state index contributed by atoms with van der Waals surface area (Å²) in [5, 5.41) is 2.92. The molecule has 0 saturated carbocycles. The summed E-state index contributed by atoms with van der Waals surface area (Å²) in [5.74, 6) is 2.58. The molecule has 0 spiro atoms. The predicted molar refractivity (Wildman–Crippen MR) is 51.8 cm³/mol. The van der Waals surface area contributed by atoms with Crippen LogP contribution in [0.4, 0.5) is 0 Å². The third kappa shape index (κ3) is 0.880.